The fourth-order valence-electron chi connectivity index (χ4n) is 2.81. The molecule has 7 heteroatoms. The first-order chi connectivity index (χ1) is 9.88. The summed E-state index contributed by atoms with van der Waals surface area (Å²) in [6.45, 7) is 5.02. The summed E-state index contributed by atoms with van der Waals surface area (Å²) in [7, 11) is -3.50. The molecule has 21 heavy (non-hydrogen) atoms. The van der Waals surface area contributed by atoms with Crippen molar-refractivity contribution in [3.05, 3.63) is 28.2 Å². The van der Waals surface area contributed by atoms with Gasteiger partial charge in [-0.05, 0) is 43.4 Å². The van der Waals surface area contributed by atoms with Gasteiger partial charge in [0.25, 0.3) is 0 Å². The summed E-state index contributed by atoms with van der Waals surface area (Å²) in [6.07, 6.45) is 1.78. The molecule has 1 aromatic carbocycles. The summed E-state index contributed by atoms with van der Waals surface area (Å²) < 4.78 is 27.1. The van der Waals surface area contributed by atoms with Crippen LogP contribution in [0.1, 0.15) is 25.3 Å². The summed E-state index contributed by atoms with van der Waals surface area (Å²) in [6, 6.07) is 3.25. The van der Waals surface area contributed by atoms with Gasteiger partial charge < -0.3 is 9.97 Å². The number of H-pyrrole nitrogens is 2. The average molecular weight is 309 g/mol. The Bertz CT molecular complexity index is 827. The van der Waals surface area contributed by atoms with Crippen LogP contribution in [-0.4, -0.2) is 35.8 Å². The smallest absolute Gasteiger partial charge is 0.306 e. The van der Waals surface area contributed by atoms with Crippen LogP contribution in [-0.2, 0) is 10.0 Å². The van der Waals surface area contributed by atoms with Crippen LogP contribution < -0.4 is 5.69 Å². The number of aryl methyl sites for hydroxylation is 1. The fourth-order valence-corrected chi connectivity index (χ4v) is 4.52. The second kappa shape index (κ2) is 4.99. The Morgan fingerprint density at radius 1 is 1.14 bits per heavy atom. The molecule has 2 aromatic rings. The summed E-state index contributed by atoms with van der Waals surface area (Å²) in [4.78, 5) is 16.9. The number of nitrogens with one attached hydrogen (secondary N) is 2. The van der Waals surface area contributed by atoms with Gasteiger partial charge in [0.2, 0.25) is 10.0 Å². The van der Waals surface area contributed by atoms with Gasteiger partial charge in [-0.25, -0.2) is 13.2 Å². The van der Waals surface area contributed by atoms with Gasteiger partial charge in [0.1, 0.15) is 0 Å². The molecule has 0 spiro atoms. The Hall–Kier alpha value is -1.60. The zero-order valence-corrected chi connectivity index (χ0v) is 13.0. The second-order valence-corrected chi connectivity index (χ2v) is 7.74. The van der Waals surface area contributed by atoms with Crippen molar-refractivity contribution in [1.82, 2.24) is 14.3 Å². The van der Waals surface area contributed by atoms with Crippen molar-refractivity contribution in [3.8, 4) is 0 Å². The predicted octanol–water partition coefficient (Wildman–Crippen LogP) is 1.59. The van der Waals surface area contributed by atoms with Gasteiger partial charge in [0.15, 0.2) is 0 Å². The lowest BCUT2D eigenvalue weighted by Crippen LogP contribution is -2.38. The van der Waals surface area contributed by atoms with Gasteiger partial charge in [-0.1, -0.05) is 6.92 Å². The highest BCUT2D eigenvalue weighted by Crippen LogP contribution is 2.27. The molecule has 0 bridgehead atoms. The van der Waals surface area contributed by atoms with E-state index in [1.807, 2.05) is 0 Å². The Kier molecular flexibility index (Phi) is 3.41. The maximum atomic E-state index is 12.8. The maximum absolute atomic E-state index is 12.8. The van der Waals surface area contributed by atoms with Crippen LogP contribution in [0.2, 0.25) is 0 Å². The van der Waals surface area contributed by atoms with E-state index < -0.39 is 10.0 Å². The molecular weight excluding hydrogens is 290 g/mol. The first kappa shape index (κ1) is 14.3. The quantitative estimate of drug-likeness (QED) is 0.883. The summed E-state index contributed by atoms with van der Waals surface area (Å²) in [5, 5.41) is 0. The van der Waals surface area contributed by atoms with Crippen LogP contribution in [0.15, 0.2) is 21.8 Å². The number of benzene rings is 1. The Balaban J connectivity index is 2.05. The summed E-state index contributed by atoms with van der Waals surface area (Å²) >= 11 is 0. The third-order valence-electron chi connectivity index (χ3n) is 4.17. The number of nitrogens with zero attached hydrogens (tertiary/aromatic N) is 1. The van der Waals surface area contributed by atoms with Crippen LogP contribution in [0.5, 0.6) is 0 Å². The molecule has 0 amide bonds. The number of imidazole rings is 1. The summed E-state index contributed by atoms with van der Waals surface area (Å²) in [5.74, 6) is 0.570. The van der Waals surface area contributed by atoms with Gasteiger partial charge in [-0.15, -0.1) is 0 Å². The van der Waals surface area contributed by atoms with E-state index in [4.69, 9.17) is 0 Å². The highest BCUT2D eigenvalue weighted by molar-refractivity contribution is 7.89. The van der Waals surface area contributed by atoms with Crippen molar-refractivity contribution in [3.63, 3.8) is 0 Å². The molecule has 2 N–H and O–H groups in total. The molecule has 114 valence electrons. The monoisotopic (exact) mass is 309 g/mol. The third kappa shape index (κ3) is 2.51. The predicted molar refractivity (Wildman–Crippen MR) is 80.8 cm³/mol. The van der Waals surface area contributed by atoms with E-state index in [9.17, 15) is 13.2 Å². The van der Waals surface area contributed by atoms with Crippen LogP contribution >= 0.6 is 0 Å². The minimum absolute atomic E-state index is 0.278. The first-order valence-electron chi connectivity index (χ1n) is 7.11. The van der Waals surface area contributed by atoms with Crippen LogP contribution in [0, 0.1) is 12.8 Å². The number of fused-ring (bicyclic) bond motifs is 1. The van der Waals surface area contributed by atoms with Gasteiger partial charge in [0.05, 0.1) is 15.9 Å². The zero-order valence-electron chi connectivity index (χ0n) is 12.1. The molecule has 6 nitrogen and oxygen atoms in total. The molecule has 3 rings (SSSR count). The molecule has 1 fully saturated rings. The Labute approximate surface area is 123 Å². The Morgan fingerprint density at radius 3 is 2.33 bits per heavy atom. The molecule has 0 atom stereocenters. The third-order valence-corrected chi connectivity index (χ3v) is 6.21. The van der Waals surface area contributed by atoms with Crippen molar-refractivity contribution in [2.45, 2.75) is 31.6 Å². The summed E-state index contributed by atoms with van der Waals surface area (Å²) in [5.41, 5.74) is 1.47. The van der Waals surface area contributed by atoms with Crippen molar-refractivity contribution in [2.75, 3.05) is 13.1 Å². The van der Waals surface area contributed by atoms with Crippen LogP contribution in [0.3, 0.4) is 0 Å². The molecular formula is C14H19N3O3S. The molecule has 0 aliphatic carbocycles. The van der Waals surface area contributed by atoms with E-state index in [-0.39, 0.29) is 10.6 Å². The number of rotatable bonds is 2. The van der Waals surface area contributed by atoms with Crippen molar-refractivity contribution >= 4 is 21.1 Å². The van der Waals surface area contributed by atoms with E-state index in [1.165, 1.54) is 0 Å². The van der Waals surface area contributed by atoms with Gasteiger partial charge in [-0.3, -0.25) is 0 Å². The lowest BCUT2D eigenvalue weighted by atomic mass is 10.0. The number of sulfonamides is 1. The fraction of sp³-hybridized carbons (Fsp3) is 0.500. The minimum atomic E-state index is -3.50. The minimum Gasteiger partial charge on any atom is -0.306 e. The lowest BCUT2D eigenvalue weighted by molar-refractivity contribution is 0.288. The van der Waals surface area contributed by atoms with E-state index in [1.54, 1.807) is 23.4 Å². The average Bonchev–Trinajstić information content (AvgIpc) is 2.77. The van der Waals surface area contributed by atoms with Crippen LogP contribution in [0.25, 0.3) is 11.0 Å². The number of hydrogen-bond donors (Lipinski definition) is 2. The Morgan fingerprint density at radius 2 is 1.71 bits per heavy atom. The molecule has 0 saturated carbocycles. The molecule has 1 saturated heterocycles. The lowest BCUT2D eigenvalue weighted by Gasteiger charge is -2.29. The van der Waals surface area contributed by atoms with Crippen molar-refractivity contribution in [2.24, 2.45) is 5.92 Å². The number of piperidine rings is 1. The maximum Gasteiger partial charge on any atom is 0.323 e. The van der Waals surface area contributed by atoms with Crippen LogP contribution in [0.4, 0.5) is 0 Å². The zero-order chi connectivity index (χ0) is 15.2. The molecule has 0 radical (unpaired) electrons. The molecule has 1 aliphatic rings. The van der Waals surface area contributed by atoms with Crippen molar-refractivity contribution in [1.29, 1.82) is 0 Å². The highest BCUT2D eigenvalue weighted by atomic mass is 32.2. The SMILES string of the molecule is Cc1cc2[nH]c(=O)[nH]c2cc1S(=O)(=O)N1CCC(C)CC1. The second-order valence-electron chi connectivity index (χ2n) is 5.83. The molecule has 0 unspecified atom stereocenters. The van der Waals surface area contributed by atoms with E-state index in [2.05, 4.69) is 16.9 Å². The van der Waals surface area contributed by atoms with Crippen molar-refractivity contribution < 1.29 is 8.42 Å². The van der Waals surface area contributed by atoms with E-state index >= 15 is 0 Å². The van der Waals surface area contributed by atoms with Gasteiger partial charge in [-0.2, -0.15) is 4.31 Å². The standard InChI is InChI=1S/C14H19N3O3S/c1-9-3-5-17(6-4-9)21(19,20)13-8-12-11(7-10(13)2)15-14(18)16-12/h7-9H,3-6H2,1-2H3,(H2,15,16,18). The largest absolute Gasteiger partial charge is 0.323 e. The number of aromatic nitrogens is 2. The molecule has 1 aromatic heterocycles. The normalized spacial score (nSPS) is 18.4. The highest BCUT2D eigenvalue weighted by Gasteiger charge is 2.29. The topological polar surface area (TPSA) is 86.0 Å². The van der Waals surface area contributed by atoms with Gasteiger partial charge >= 0.3 is 5.69 Å². The van der Waals surface area contributed by atoms with Gasteiger partial charge in [0, 0.05) is 13.1 Å². The number of aromatic amines is 2. The molecule has 2 heterocycles. The molecule has 1 aliphatic heterocycles. The first-order valence-corrected chi connectivity index (χ1v) is 8.55. The van der Waals surface area contributed by atoms with E-state index in [0.29, 0.717) is 35.6 Å². The van der Waals surface area contributed by atoms with E-state index in [0.717, 1.165) is 12.8 Å². The number of hydrogen-bond acceptors (Lipinski definition) is 3.